The fourth-order valence-electron chi connectivity index (χ4n) is 4.21. The molecule has 2 aromatic carbocycles. The van der Waals surface area contributed by atoms with Gasteiger partial charge in [0.2, 0.25) is 10.0 Å². The van der Waals surface area contributed by atoms with Gasteiger partial charge in [-0.3, -0.25) is 9.48 Å². The minimum absolute atomic E-state index is 0.0678. The molecule has 0 fully saturated rings. The number of hydrogen-bond acceptors (Lipinski definition) is 5. The summed E-state index contributed by atoms with van der Waals surface area (Å²) in [6, 6.07) is 17.9. The standard InChI is InChI=1S/C28H32N4O4S/c1-4-5-9-18-37(34,35)30-27(33)15-14-25-21(2)29-31(3)28(25)32-17-16-23-12-13-24(19-26(23)32)36-20-22-10-7-6-8-11-22/h6-8,10-17,19H,4-5,9,18,20H2,1-3H3,(H,30,33). The fraction of sp³-hybridized carbons (Fsp3) is 0.286. The number of carbonyl (C=O) groups is 1. The first-order valence-corrected chi connectivity index (χ1v) is 14.0. The highest BCUT2D eigenvalue weighted by Crippen LogP contribution is 2.28. The van der Waals surface area contributed by atoms with Gasteiger partial charge in [0.05, 0.1) is 17.0 Å². The topological polar surface area (TPSA) is 95.2 Å². The molecule has 0 bridgehead atoms. The molecule has 2 aromatic heterocycles. The van der Waals surface area contributed by atoms with Crippen molar-refractivity contribution in [3.8, 4) is 11.6 Å². The van der Waals surface area contributed by atoms with Crippen molar-refractivity contribution in [2.45, 2.75) is 39.7 Å². The summed E-state index contributed by atoms with van der Waals surface area (Å²) in [7, 11) is -1.83. The van der Waals surface area contributed by atoms with Crippen LogP contribution in [0.4, 0.5) is 0 Å². The van der Waals surface area contributed by atoms with Crippen LogP contribution < -0.4 is 9.46 Å². The number of fused-ring (bicyclic) bond motifs is 1. The molecule has 0 atom stereocenters. The van der Waals surface area contributed by atoms with Gasteiger partial charge in [-0.2, -0.15) is 5.10 Å². The summed E-state index contributed by atoms with van der Waals surface area (Å²) in [6.45, 7) is 4.30. The average molecular weight is 521 g/mol. The average Bonchev–Trinajstić information content (AvgIpc) is 3.40. The zero-order chi connectivity index (χ0) is 26.4. The van der Waals surface area contributed by atoms with Gasteiger partial charge >= 0.3 is 0 Å². The van der Waals surface area contributed by atoms with Gasteiger partial charge in [0.15, 0.2) is 0 Å². The van der Waals surface area contributed by atoms with Crippen LogP contribution in [0.15, 0.2) is 66.9 Å². The molecule has 4 rings (SSSR count). The Hall–Kier alpha value is -3.85. The SMILES string of the molecule is CCCCCS(=O)(=O)NC(=O)C=Cc1c(C)nn(C)c1-n1ccc2ccc(OCc3ccccc3)cc21. The van der Waals surface area contributed by atoms with Crippen LogP contribution in [0, 0.1) is 6.92 Å². The van der Waals surface area contributed by atoms with Crippen LogP contribution in [0.1, 0.15) is 43.0 Å². The number of aryl methyl sites for hydroxylation is 2. The molecule has 2 heterocycles. The van der Waals surface area contributed by atoms with Gasteiger partial charge in [0, 0.05) is 36.3 Å². The lowest BCUT2D eigenvalue weighted by Gasteiger charge is -2.10. The van der Waals surface area contributed by atoms with E-state index in [1.54, 1.807) is 10.8 Å². The summed E-state index contributed by atoms with van der Waals surface area (Å²) >= 11 is 0. The van der Waals surface area contributed by atoms with E-state index in [1.165, 1.54) is 6.08 Å². The molecule has 0 radical (unpaired) electrons. The number of amides is 1. The van der Waals surface area contributed by atoms with Gasteiger partial charge in [0.25, 0.3) is 5.91 Å². The Balaban J connectivity index is 1.58. The maximum Gasteiger partial charge on any atom is 0.257 e. The largest absolute Gasteiger partial charge is 0.489 e. The Morgan fingerprint density at radius 3 is 2.65 bits per heavy atom. The fourth-order valence-corrected chi connectivity index (χ4v) is 5.27. The van der Waals surface area contributed by atoms with Crippen molar-refractivity contribution in [1.29, 1.82) is 0 Å². The van der Waals surface area contributed by atoms with Gasteiger partial charge in [-0.1, -0.05) is 50.1 Å². The van der Waals surface area contributed by atoms with Crippen LogP contribution in [0.5, 0.6) is 5.75 Å². The number of nitrogens with zero attached hydrogens (tertiary/aromatic N) is 3. The maximum atomic E-state index is 12.4. The number of benzene rings is 2. The van der Waals surface area contributed by atoms with E-state index in [-0.39, 0.29) is 5.75 Å². The van der Waals surface area contributed by atoms with Crippen molar-refractivity contribution in [3.05, 3.63) is 83.7 Å². The Morgan fingerprint density at radius 2 is 1.89 bits per heavy atom. The molecule has 0 unspecified atom stereocenters. The molecule has 8 nitrogen and oxygen atoms in total. The minimum Gasteiger partial charge on any atom is -0.489 e. The highest BCUT2D eigenvalue weighted by atomic mass is 32.2. The summed E-state index contributed by atoms with van der Waals surface area (Å²) in [6.07, 6.45) is 7.01. The van der Waals surface area contributed by atoms with E-state index in [9.17, 15) is 13.2 Å². The van der Waals surface area contributed by atoms with Crippen LogP contribution in [-0.4, -0.2) is 34.4 Å². The Morgan fingerprint density at radius 1 is 1.11 bits per heavy atom. The summed E-state index contributed by atoms with van der Waals surface area (Å²) in [5.74, 6) is 0.740. The number of rotatable bonds is 11. The van der Waals surface area contributed by atoms with Gasteiger partial charge in [-0.25, -0.2) is 13.1 Å². The van der Waals surface area contributed by atoms with Crippen molar-refractivity contribution in [1.82, 2.24) is 19.1 Å². The molecular formula is C28H32N4O4S. The molecular weight excluding hydrogens is 488 g/mol. The van der Waals surface area contributed by atoms with Crippen molar-refractivity contribution in [2.24, 2.45) is 7.05 Å². The first-order chi connectivity index (χ1) is 17.8. The Bertz CT molecular complexity index is 1520. The number of sulfonamides is 1. The third-order valence-electron chi connectivity index (χ3n) is 6.05. The summed E-state index contributed by atoms with van der Waals surface area (Å²) in [5, 5.41) is 5.56. The number of nitrogens with one attached hydrogen (secondary N) is 1. The second-order valence-corrected chi connectivity index (χ2v) is 10.8. The van der Waals surface area contributed by atoms with Gasteiger partial charge in [0.1, 0.15) is 18.2 Å². The molecule has 4 aromatic rings. The highest BCUT2D eigenvalue weighted by Gasteiger charge is 2.17. The number of unbranched alkanes of at least 4 members (excludes halogenated alkanes) is 2. The van der Waals surface area contributed by atoms with Crippen molar-refractivity contribution < 1.29 is 17.9 Å². The summed E-state index contributed by atoms with van der Waals surface area (Å²) < 4.78 is 36.2. The second kappa shape index (κ2) is 11.5. The van der Waals surface area contributed by atoms with Crippen LogP contribution in [0.2, 0.25) is 0 Å². The lowest BCUT2D eigenvalue weighted by atomic mass is 10.2. The normalized spacial score (nSPS) is 11.9. The van der Waals surface area contributed by atoms with E-state index in [4.69, 9.17) is 4.74 Å². The lowest BCUT2D eigenvalue weighted by molar-refractivity contribution is -0.114. The Kier molecular flexibility index (Phi) is 8.13. The summed E-state index contributed by atoms with van der Waals surface area (Å²) in [4.78, 5) is 12.4. The first-order valence-electron chi connectivity index (χ1n) is 12.3. The number of ether oxygens (including phenoxy) is 1. The molecule has 0 saturated carbocycles. The van der Waals surface area contributed by atoms with Crippen LogP contribution in [0.3, 0.4) is 0 Å². The van der Waals surface area contributed by atoms with Crippen LogP contribution >= 0.6 is 0 Å². The van der Waals surface area contributed by atoms with Crippen LogP contribution in [-0.2, 0) is 28.5 Å². The molecule has 0 saturated heterocycles. The van der Waals surface area contributed by atoms with Gasteiger partial charge in [-0.15, -0.1) is 0 Å². The number of aromatic nitrogens is 3. The van der Waals surface area contributed by atoms with Crippen molar-refractivity contribution >= 4 is 32.9 Å². The molecule has 0 spiro atoms. The molecule has 0 aliphatic rings. The number of hydrogen-bond donors (Lipinski definition) is 1. The van der Waals surface area contributed by atoms with E-state index in [2.05, 4.69) is 9.82 Å². The molecule has 37 heavy (non-hydrogen) atoms. The molecule has 1 amide bonds. The smallest absolute Gasteiger partial charge is 0.257 e. The van der Waals surface area contributed by atoms with E-state index in [0.29, 0.717) is 24.3 Å². The third kappa shape index (κ3) is 6.48. The first kappa shape index (κ1) is 26.2. The quantitative estimate of drug-likeness (QED) is 0.224. The second-order valence-electron chi connectivity index (χ2n) is 8.95. The zero-order valence-corrected chi connectivity index (χ0v) is 22.2. The zero-order valence-electron chi connectivity index (χ0n) is 21.3. The summed E-state index contributed by atoms with van der Waals surface area (Å²) in [5.41, 5.74) is 3.43. The van der Waals surface area contributed by atoms with Gasteiger partial charge in [-0.05, 0) is 43.2 Å². The lowest BCUT2D eigenvalue weighted by Crippen LogP contribution is -2.31. The predicted octanol–water partition coefficient (Wildman–Crippen LogP) is 4.90. The van der Waals surface area contributed by atoms with Gasteiger partial charge < -0.3 is 9.30 Å². The molecule has 0 aliphatic carbocycles. The molecule has 194 valence electrons. The van der Waals surface area contributed by atoms with Crippen molar-refractivity contribution in [3.63, 3.8) is 0 Å². The van der Waals surface area contributed by atoms with E-state index in [0.717, 1.165) is 40.9 Å². The Labute approximate surface area is 217 Å². The number of carbonyl (C=O) groups excluding carboxylic acids is 1. The van der Waals surface area contributed by atoms with E-state index < -0.39 is 15.9 Å². The van der Waals surface area contributed by atoms with Crippen molar-refractivity contribution in [2.75, 3.05) is 5.75 Å². The predicted molar refractivity (Wildman–Crippen MR) is 146 cm³/mol. The molecule has 0 aliphatic heterocycles. The highest BCUT2D eigenvalue weighted by molar-refractivity contribution is 7.90. The third-order valence-corrected chi connectivity index (χ3v) is 7.39. The molecule has 9 heteroatoms. The van der Waals surface area contributed by atoms with E-state index in [1.807, 2.05) is 86.3 Å². The van der Waals surface area contributed by atoms with E-state index >= 15 is 0 Å². The minimum atomic E-state index is -3.67. The van der Waals surface area contributed by atoms with Crippen LogP contribution in [0.25, 0.3) is 22.8 Å². The maximum absolute atomic E-state index is 12.4. The monoisotopic (exact) mass is 520 g/mol. The molecule has 1 N–H and O–H groups in total.